The molecule has 136 valence electrons. The van der Waals surface area contributed by atoms with E-state index in [9.17, 15) is 12.8 Å². The zero-order valence-electron chi connectivity index (χ0n) is 14.7. The van der Waals surface area contributed by atoms with Crippen molar-refractivity contribution in [2.24, 2.45) is 5.73 Å². The van der Waals surface area contributed by atoms with Crippen LogP contribution in [0.4, 0.5) is 4.39 Å². The van der Waals surface area contributed by atoms with Crippen LogP contribution in [0.1, 0.15) is 11.3 Å². The molecular formula is C20H21FN2O2S. The van der Waals surface area contributed by atoms with Crippen molar-refractivity contribution in [2.75, 3.05) is 12.8 Å². The minimum absolute atomic E-state index is 0.278. The quantitative estimate of drug-likeness (QED) is 0.745. The summed E-state index contributed by atoms with van der Waals surface area (Å²) in [6, 6.07) is 15.1. The fraction of sp³-hybridized carbons (Fsp3) is 0.200. The molecule has 0 spiro atoms. The van der Waals surface area contributed by atoms with E-state index in [4.69, 9.17) is 5.73 Å². The SMILES string of the molecule is Cc1c(CCN)cc(-c2ccc(S(C)(=O)=O)cc2)n1-c1ccc(F)cc1. The first-order valence-corrected chi connectivity index (χ1v) is 10.2. The highest BCUT2D eigenvalue weighted by Gasteiger charge is 2.15. The van der Waals surface area contributed by atoms with Crippen molar-refractivity contribution in [3.63, 3.8) is 0 Å². The minimum atomic E-state index is -3.25. The third-order valence-corrected chi connectivity index (χ3v) is 5.56. The molecule has 0 atom stereocenters. The van der Waals surface area contributed by atoms with E-state index in [1.807, 2.05) is 11.5 Å². The lowest BCUT2D eigenvalue weighted by atomic mass is 10.1. The van der Waals surface area contributed by atoms with Crippen molar-refractivity contribution >= 4 is 9.84 Å². The fourth-order valence-corrected chi connectivity index (χ4v) is 3.71. The van der Waals surface area contributed by atoms with Crippen LogP contribution in [0, 0.1) is 12.7 Å². The number of aromatic nitrogens is 1. The van der Waals surface area contributed by atoms with Gasteiger partial charge in [0.1, 0.15) is 5.82 Å². The summed E-state index contributed by atoms with van der Waals surface area (Å²) in [6.45, 7) is 2.53. The van der Waals surface area contributed by atoms with Crippen LogP contribution >= 0.6 is 0 Å². The molecule has 0 bridgehead atoms. The van der Waals surface area contributed by atoms with E-state index >= 15 is 0 Å². The molecule has 0 saturated heterocycles. The van der Waals surface area contributed by atoms with Crippen LogP contribution in [-0.2, 0) is 16.3 Å². The highest BCUT2D eigenvalue weighted by Crippen LogP contribution is 2.30. The van der Waals surface area contributed by atoms with Gasteiger partial charge in [-0.25, -0.2) is 12.8 Å². The van der Waals surface area contributed by atoms with E-state index < -0.39 is 9.84 Å². The second-order valence-corrected chi connectivity index (χ2v) is 8.30. The van der Waals surface area contributed by atoms with Gasteiger partial charge in [-0.05, 0) is 73.5 Å². The maximum Gasteiger partial charge on any atom is 0.175 e. The fourth-order valence-electron chi connectivity index (χ4n) is 3.08. The molecule has 1 heterocycles. The molecule has 0 aliphatic carbocycles. The first-order valence-electron chi connectivity index (χ1n) is 8.29. The Kier molecular flexibility index (Phi) is 4.98. The zero-order valence-corrected chi connectivity index (χ0v) is 15.6. The Labute approximate surface area is 153 Å². The van der Waals surface area contributed by atoms with Crippen LogP contribution in [0.3, 0.4) is 0 Å². The summed E-state index contributed by atoms with van der Waals surface area (Å²) >= 11 is 0. The molecule has 0 saturated carbocycles. The van der Waals surface area contributed by atoms with Gasteiger partial charge >= 0.3 is 0 Å². The molecule has 6 heteroatoms. The van der Waals surface area contributed by atoms with Crippen molar-refractivity contribution in [1.29, 1.82) is 0 Å². The summed E-state index contributed by atoms with van der Waals surface area (Å²) in [5.41, 5.74) is 10.5. The Balaban J connectivity index is 2.17. The molecule has 1 aromatic heterocycles. The highest BCUT2D eigenvalue weighted by atomic mass is 32.2. The van der Waals surface area contributed by atoms with Gasteiger partial charge in [0.2, 0.25) is 0 Å². The van der Waals surface area contributed by atoms with Crippen LogP contribution in [0.25, 0.3) is 16.9 Å². The van der Waals surface area contributed by atoms with Crippen LogP contribution in [0.2, 0.25) is 0 Å². The number of halogens is 1. The van der Waals surface area contributed by atoms with Crippen molar-refractivity contribution < 1.29 is 12.8 Å². The molecule has 2 N–H and O–H groups in total. The molecule has 26 heavy (non-hydrogen) atoms. The second-order valence-electron chi connectivity index (χ2n) is 6.29. The molecule has 0 aliphatic heterocycles. The number of hydrogen-bond donors (Lipinski definition) is 1. The zero-order chi connectivity index (χ0) is 18.9. The predicted molar refractivity (Wildman–Crippen MR) is 102 cm³/mol. The third-order valence-electron chi connectivity index (χ3n) is 4.43. The standard InChI is InChI=1S/C20H21FN2O2S/c1-14-16(11-12-22)13-20(23(14)18-7-5-17(21)6-8-18)15-3-9-19(10-4-15)26(2,24)25/h3-10,13H,11-12,22H2,1-2H3. The van der Waals surface area contributed by atoms with Crippen LogP contribution in [0.5, 0.6) is 0 Å². The van der Waals surface area contributed by atoms with Crippen LogP contribution in [0.15, 0.2) is 59.5 Å². The predicted octanol–water partition coefficient (Wildman–Crippen LogP) is 3.50. The molecule has 0 amide bonds. The first-order chi connectivity index (χ1) is 12.3. The molecule has 0 fully saturated rings. The lowest BCUT2D eigenvalue weighted by Gasteiger charge is -2.13. The Morgan fingerprint density at radius 3 is 2.19 bits per heavy atom. The number of benzene rings is 2. The lowest BCUT2D eigenvalue weighted by molar-refractivity contribution is 0.602. The van der Waals surface area contributed by atoms with E-state index in [1.165, 1.54) is 18.4 Å². The summed E-state index contributed by atoms with van der Waals surface area (Å²) in [5.74, 6) is -0.292. The lowest BCUT2D eigenvalue weighted by Crippen LogP contribution is -2.04. The number of nitrogens with zero attached hydrogens (tertiary/aromatic N) is 1. The van der Waals surface area contributed by atoms with Crippen molar-refractivity contribution in [3.05, 3.63) is 71.7 Å². The minimum Gasteiger partial charge on any atom is -0.330 e. The summed E-state index contributed by atoms with van der Waals surface area (Å²) in [7, 11) is -3.25. The van der Waals surface area contributed by atoms with Gasteiger partial charge in [-0.15, -0.1) is 0 Å². The van der Waals surface area contributed by atoms with Gasteiger partial charge in [0, 0.05) is 17.6 Å². The van der Waals surface area contributed by atoms with Gasteiger partial charge in [-0.3, -0.25) is 0 Å². The van der Waals surface area contributed by atoms with E-state index in [1.54, 1.807) is 36.4 Å². The Hall–Kier alpha value is -2.44. The smallest absolute Gasteiger partial charge is 0.175 e. The topological polar surface area (TPSA) is 65.1 Å². The van der Waals surface area contributed by atoms with Gasteiger partial charge in [0.15, 0.2) is 9.84 Å². The molecule has 0 unspecified atom stereocenters. The van der Waals surface area contributed by atoms with Gasteiger partial charge in [0.25, 0.3) is 0 Å². The first kappa shape index (κ1) is 18.4. The van der Waals surface area contributed by atoms with E-state index in [-0.39, 0.29) is 10.7 Å². The van der Waals surface area contributed by atoms with Crippen molar-refractivity contribution in [3.8, 4) is 16.9 Å². The Bertz CT molecular complexity index is 1020. The van der Waals surface area contributed by atoms with Gasteiger partial charge < -0.3 is 10.3 Å². The molecule has 0 aliphatic rings. The van der Waals surface area contributed by atoms with E-state index in [0.29, 0.717) is 6.54 Å². The van der Waals surface area contributed by atoms with Crippen LogP contribution in [-0.4, -0.2) is 25.8 Å². The van der Waals surface area contributed by atoms with Crippen LogP contribution < -0.4 is 5.73 Å². The number of hydrogen-bond acceptors (Lipinski definition) is 3. The molecular weight excluding hydrogens is 351 g/mol. The molecule has 3 aromatic rings. The molecule has 4 nitrogen and oxygen atoms in total. The van der Waals surface area contributed by atoms with Crippen molar-refractivity contribution in [2.45, 2.75) is 18.2 Å². The van der Waals surface area contributed by atoms with Gasteiger partial charge in [-0.2, -0.15) is 0 Å². The largest absolute Gasteiger partial charge is 0.330 e. The average molecular weight is 372 g/mol. The van der Waals surface area contributed by atoms with E-state index in [2.05, 4.69) is 6.07 Å². The molecule has 0 radical (unpaired) electrons. The normalized spacial score (nSPS) is 11.7. The van der Waals surface area contributed by atoms with E-state index in [0.717, 1.165) is 34.6 Å². The number of sulfone groups is 1. The second kappa shape index (κ2) is 7.05. The maximum absolute atomic E-state index is 13.3. The van der Waals surface area contributed by atoms with Gasteiger partial charge in [-0.1, -0.05) is 12.1 Å². The Morgan fingerprint density at radius 1 is 1.04 bits per heavy atom. The summed E-state index contributed by atoms with van der Waals surface area (Å²) in [6.07, 6.45) is 1.92. The average Bonchev–Trinajstić information content (AvgIpc) is 2.92. The molecule has 3 rings (SSSR count). The maximum atomic E-state index is 13.3. The summed E-state index contributed by atoms with van der Waals surface area (Å²) in [4.78, 5) is 0.278. The monoisotopic (exact) mass is 372 g/mol. The van der Waals surface area contributed by atoms with Gasteiger partial charge in [0.05, 0.1) is 10.6 Å². The number of rotatable bonds is 5. The summed E-state index contributed by atoms with van der Waals surface area (Å²) < 4.78 is 38.7. The highest BCUT2D eigenvalue weighted by molar-refractivity contribution is 7.90. The summed E-state index contributed by atoms with van der Waals surface area (Å²) in [5, 5.41) is 0. The Morgan fingerprint density at radius 2 is 1.65 bits per heavy atom. The van der Waals surface area contributed by atoms with Crippen molar-refractivity contribution in [1.82, 2.24) is 4.57 Å². The number of nitrogens with two attached hydrogens (primary N) is 1. The third kappa shape index (κ3) is 3.57. The molecule has 2 aromatic carbocycles.